The molecular weight excluding hydrogens is 409 g/mol. The van der Waals surface area contributed by atoms with Crippen molar-refractivity contribution >= 4 is 29.7 Å². The van der Waals surface area contributed by atoms with Crippen molar-refractivity contribution in [2.45, 2.75) is 47.1 Å². The molecule has 0 aromatic heterocycles. The standard InChI is InChI=1S/C21H28FN3O6/c1-19(2,3)14-10-24(13-8-7-11(15(23)26)9-12(13)22)16(27)21(14,20(4,5)6)25(17(28)29)18(30)31/h7-9,14H,10H2,1-6H3,(H2,23,26)(H,28,29)(H,30,31)/t14?,21-/m1/s1. The van der Waals surface area contributed by atoms with Gasteiger partial charge in [-0.15, -0.1) is 0 Å². The van der Waals surface area contributed by atoms with Gasteiger partial charge in [-0.3, -0.25) is 9.59 Å². The molecular formula is C21H28FN3O6. The lowest BCUT2D eigenvalue weighted by molar-refractivity contribution is -0.138. The third-order valence-corrected chi connectivity index (χ3v) is 5.89. The largest absolute Gasteiger partial charge is 0.464 e. The van der Waals surface area contributed by atoms with Crippen LogP contribution in [0, 0.1) is 22.6 Å². The maximum absolute atomic E-state index is 14.9. The molecule has 1 aromatic carbocycles. The summed E-state index contributed by atoms with van der Waals surface area (Å²) in [6.45, 7) is 9.93. The molecule has 170 valence electrons. The van der Waals surface area contributed by atoms with E-state index in [-0.39, 0.29) is 22.7 Å². The number of carboxylic acid groups (broad SMARTS) is 2. The lowest BCUT2D eigenvalue weighted by atomic mass is 9.59. The Morgan fingerprint density at radius 2 is 1.65 bits per heavy atom. The van der Waals surface area contributed by atoms with E-state index in [2.05, 4.69) is 0 Å². The zero-order valence-corrected chi connectivity index (χ0v) is 18.4. The summed E-state index contributed by atoms with van der Waals surface area (Å²) in [5.41, 5.74) is 0.959. The molecule has 0 bridgehead atoms. The summed E-state index contributed by atoms with van der Waals surface area (Å²) in [6.07, 6.45) is -3.59. The molecule has 0 spiro atoms. The molecule has 1 saturated heterocycles. The number of carbonyl (C=O) groups excluding carboxylic acids is 2. The van der Waals surface area contributed by atoms with Crippen LogP contribution in [0.2, 0.25) is 0 Å². The van der Waals surface area contributed by atoms with E-state index in [9.17, 15) is 33.8 Å². The summed E-state index contributed by atoms with van der Waals surface area (Å²) in [6, 6.07) is 3.35. The molecule has 2 rings (SSSR count). The zero-order valence-electron chi connectivity index (χ0n) is 18.4. The normalized spacial score (nSPS) is 21.8. The number of benzene rings is 1. The van der Waals surface area contributed by atoms with E-state index in [0.717, 1.165) is 11.0 Å². The molecule has 2 atom stereocenters. The van der Waals surface area contributed by atoms with E-state index in [1.54, 1.807) is 41.5 Å². The highest BCUT2D eigenvalue weighted by molar-refractivity contribution is 6.08. The van der Waals surface area contributed by atoms with Crippen LogP contribution in [0.25, 0.3) is 0 Å². The fourth-order valence-electron chi connectivity index (χ4n) is 4.55. The summed E-state index contributed by atoms with van der Waals surface area (Å²) >= 11 is 0. The van der Waals surface area contributed by atoms with Crippen LogP contribution in [0.15, 0.2) is 18.2 Å². The predicted octanol–water partition coefficient (Wildman–Crippen LogP) is 3.38. The molecule has 4 N–H and O–H groups in total. The van der Waals surface area contributed by atoms with Gasteiger partial charge in [0.05, 0.1) is 5.69 Å². The number of carbonyl (C=O) groups is 4. The van der Waals surface area contributed by atoms with Crippen molar-refractivity contribution in [1.82, 2.24) is 4.90 Å². The molecule has 0 radical (unpaired) electrons. The van der Waals surface area contributed by atoms with Gasteiger partial charge < -0.3 is 20.8 Å². The number of primary amides is 1. The molecule has 9 nitrogen and oxygen atoms in total. The number of hydrogen-bond acceptors (Lipinski definition) is 4. The molecule has 10 heteroatoms. The Labute approximate surface area is 179 Å². The van der Waals surface area contributed by atoms with Crippen molar-refractivity contribution in [1.29, 1.82) is 0 Å². The first-order valence-corrected chi connectivity index (χ1v) is 9.65. The average Bonchev–Trinajstić information content (AvgIpc) is 2.88. The van der Waals surface area contributed by atoms with Gasteiger partial charge in [0.25, 0.3) is 5.91 Å². The Hall–Kier alpha value is -3.17. The molecule has 1 aliphatic rings. The SMILES string of the molecule is CC(C)(C)C1CN(c2ccc(C(N)=O)cc2F)C(=O)[C@@]1(N(C(=O)O)C(=O)O)C(C)(C)C. The first kappa shape index (κ1) is 24.1. The highest BCUT2D eigenvalue weighted by atomic mass is 19.1. The van der Waals surface area contributed by atoms with Crippen LogP contribution < -0.4 is 10.6 Å². The minimum Gasteiger partial charge on any atom is -0.464 e. The zero-order chi connectivity index (χ0) is 24.1. The summed E-state index contributed by atoms with van der Waals surface area (Å²) in [5.74, 6) is -3.41. The number of nitrogens with two attached hydrogens (primary N) is 1. The molecule has 1 heterocycles. The predicted molar refractivity (Wildman–Crippen MR) is 110 cm³/mol. The Kier molecular flexibility index (Phi) is 5.84. The molecule has 4 amide bonds. The number of nitrogens with zero attached hydrogens (tertiary/aromatic N) is 2. The minimum atomic E-state index is -2.03. The topological polar surface area (TPSA) is 141 Å². The number of imide groups is 1. The number of halogens is 1. The van der Waals surface area contributed by atoms with Gasteiger partial charge in [-0.05, 0) is 29.0 Å². The van der Waals surface area contributed by atoms with Gasteiger partial charge in [0.1, 0.15) is 11.4 Å². The van der Waals surface area contributed by atoms with E-state index in [0.29, 0.717) is 0 Å². The van der Waals surface area contributed by atoms with Crippen molar-refractivity contribution < 1.29 is 33.8 Å². The van der Waals surface area contributed by atoms with Crippen LogP contribution in [-0.4, -0.2) is 51.2 Å². The fourth-order valence-corrected chi connectivity index (χ4v) is 4.55. The third-order valence-electron chi connectivity index (χ3n) is 5.89. The molecule has 31 heavy (non-hydrogen) atoms. The summed E-state index contributed by atoms with van der Waals surface area (Å²) in [5, 5.41) is 19.6. The first-order valence-electron chi connectivity index (χ1n) is 9.65. The van der Waals surface area contributed by atoms with Crippen molar-refractivity contribution in [2.24, 2.45) is 22.5 Å². The van der Waals surface area contributed by atoms with E-state index in [1.807, 2.05) is 0 Å². The van der Waals surface area contributed by atoms with Crippen LogP contribution in [-0.2, 0) is 4.79 Å². The second kappa shape index (κ2) is 7.51. The van der Waals surface area contributed by atoms with E-state index >= 15 is 0 Å². The monoisotopic (exact) mass is 437 g/mol. The molecule has 0 saturated carbocycles. The second-order valence-electron chi connectivity index (χ2n) is 9.78. The van der Waals surface area contributed by atoms with Gasteiger partial charge in [0, 0.05) is 18.0 Å². The Bertz CT molecular complexity index is 935. The van der Waals surface area contributed by atoms with Crippen molar-refractivity contribution in [3.8, 4) is 0 Å². The van der Waals surface area contributed by atoms with Gasteiger partial charge in [-0.25, -0.2) is 14.0 Å². The van der Waals surface area contributed by atoms with E-state index < -0.39 is 52.1 Å². The van der Waals surface area contributed by atoms with Crippen LogP contribution in [0.4, 0.5) is 19.7 Å². The summed E-state index contributed by atoms with van der Waals surface area (Å²) in [7, 11) is 0. The van der Waals surface area contributed by atoms with Crippen LogP contribution in [0.5, 0.6) is 0 Å². The van der Waals surface area contributed by atoms with Gasteiger partial charge >= 0.3 is 12.2 Å². The van der Waals surface area contributed by atoms with Gasteiger partial charge in [-0.1, -0.05) is 41.5 Å². The fraction of sp³-hybridized carbons (Fsp3) is 0.524. The molecule has 1 aliphatic heterocycles. The molecule has 0 aliphatic carbocycles. The highest BCUT2D eigenvalue weighted by Gasteiger charge is 2.69. The third kappa shape index (κ3) is 3.70. The number of hydrogen-bond donors (Lipinski definition) is 3. The summed E-state index contributed by atoms with van der Waals surface area (Å²) < 4.78 is 14.9. The molecule has 1 unspecified atom stereocenters. The maximum Gasteiger partial charge on any atom is 0.417 e. The quantitative estimate of drug-likeness (QED) is 0.662. The molecule has 1 fully saturated rings. The van der Waals surface area contributed by atoms with Gasteiger partial charge in [-0.2, -0.15) is 4.90 Å². The first-order chi connectivity index (χ1) is 14.0. The lowest BCUT2D eigenvalue weighted by Gasteiger charge is -2.51. The maximum atomic E-state index is 14.9. The summed E-state index contributed by atoms with van der Waals surface area (Å²) in [4.78, 5) is 50.6. The highest BCUT2D eigenvalue weighted by Crippen LogP contribution is 2.54. The van der Waals surface area contributed by atoms with E-state index in [1.165, 1.54) is 12.1 Å². The van der Waals surface area contributed by atoms with Crippen molar-refractivity contribution in [2.75, 3.05) is 11.4 Å². The Morgan fingerprint density at radius 1 is 1.13 bits per heavy atom. The van der Waals surface area contributed by atoms with Gasteiger partial charge in [0.2, 0.25) is 5.91 Å². The van der Waals surface area contributed by atoms with Crippen molar-refractivity contribution in [3.05, 3.63) is 29.6 Å². The Balaban J connectivity index is 2.84. The lowest BCUT2D eigenvalue weighted by Crippen LogP contribution is -2.69. The second-order valence-corrected chi connectivity index (χ2v) is 9.78. The Morgan fingerprint density at radius 3 is 2.00 bits per heavy atom. The number of amides is 4. The van der Waals surface area contributed by atoms with E-state index in [4.69, 9.17) is 5.73 Å². The van der Waals surface area contributed by atoms with Gasteiger partial charge in [0.15, 0.2) is 0 Å². The average molecular weight is 437 g/mol. The van der Waals surface area contributed by atoms with Crippen molar-refractivity contribution in [3.63, 3.8) is 0 Å². The number of rotatable bonds is 3. The smallest absolute Gasteiger partial charge is 0.417 e. The molecule has 1 aromatic rings. The number of anilines is 1. The van der Waals surface area contributed by atoms with Crippen LogP contribution in [0.1, 0.15) is 51.9 Å². The van der Waals surface area contributed by atoms with Crippen LogP contribution in [0.3, 0.4) is 0 Å². The van der Waals surface area contributed by atoms with Crippen LogP contribution >= 0.6 is 0 Å². The minimum absolute atomic E-state index is 0.0972.